The molecule has 4 aromatic rings. The van der Waals surface area contributed by atoms with E-state index in [-0.39, 0.29) is 11.3 Å². The van der Waals surface area contributed by atoms with Crippen molar-refractivity contribution in [2.45, 2.75) is 6.61 Å². The number of methoxy groups -OCH3 is 1. The number of carbonyl (C=O) groups excluding carboxylic acids is 1. The van der Waals surface area contributed by atoms with Crippen LogP contribution in [0.5, 0.6) is 17.2 Å². The van der Waals surface area contributed by atoms with Gasteiger partial charge in [-0.05, 0) is 74.2 Å². The Balaban J connectivity index is 1.46. The Morgan fingerprint density at radius 2 is 1.79 bits per heavy atom. The van der Waals surface area contributed by atoms with Crippen LogP contribution in [0.3, 0.4) is 0 Å². The maximum atomic E-state index is 12.5. The number of hydrazone groups is 1. The smallest absolute Gasteiger partial charge is 0.275 e. The number of ether oxygens (including phenoxy) is 2. The van der Waals surface area contributed by atoms with Crippen LogP contribution >= 0.6 is 27.5 Å². The van der Waals surface area contributed by atoms with Crippen LogP contribution in [0.25, 0.3) is 10.8 Å². The van der Waals surface area contributed by atoms with E-state index < -0.39 is 5.91 Å². The van der Waals surface area contributed by atoms with Gasteiger partial charge in [0.1, 0.15) is 12.4 Å². The molecule has 0 saturated heterocycles. The van der Waals surface area contributed by atoms with Gasteiger partial charge in [-0.25, -0.2) is 5.43 Å². The van der Waals surface area contributed by atoms with Crippen LogP contribution in [0.1, 0.15) is 21.5 Å². The van der Waals surface area contributed by atoms with Crippen molar-refractivity contribution < 1.29 is 19.4 Å². The maximum absolute atomic E-state index is 12.5. The number of aromatic hydroxyl groups is 1. The minimum atomic E-state index is -0.520. The fraction of sp³-hybridized carbons (Fsp3) is 0.0769. The number of phenolic OH excluding ortho intramolecular Hbond substituents is 1. The van der Waals surface area contributed by atoms with Gasteiger partial charge < -0.3 is 14.6 Å². The minimum absolute atomic E-state index is 0.113. The predicted octanol–water partition coefficient (Wildman–Crippen LogP) is 6.31. The van der Waals surface area contributed by atoms with Gasteiger partial charge in [-0.3, -0.25) is 4.79 Å². The largest absolute Gasteiger partial charge is 0.507 e. The molecule has 0 fully saturated rings. The predicted molar refractivity (Wildman–Crippen MR) is 137 cm³/mol. The number of nitrogens with one attached hydrogen (secondary N) is 1. The summed E-state index contributed by atoms with van der Waals surface area (Å²) < 4.78 is 12.1. The summed E-state index contributed by atoms with van der Waals surface area (Å²) in [6.07, 6.45) is 1.48. The van der Waals surface area contributed by atoms with E-state index in [2.05, 4.69) is 26.5 Å². The van der Waals surface area contributed by atoms with E-state index in [9.17, 15) is 9.90 Å². The van der Waals surface area contributed by atoms with E-state index in [0.29, 0.717) is 33.2 Å². The van der Waals surface area contributed by atoms with Gasteiger partial charge in [-0.1, -0.05) is 48.0 Å². The first-order valence-electron chi connectivity index (χ1n) is 10.2. The molecule has 0 aromatic heterocycles. The highest BCUT2D eigenvalue weighted by Gasteiger charge is 2.13. The van der Waals surface area contributed by atoms with Gasteiger partial charge in [0.05, 0.1) is 23.4 Å². The van der Waals surface area contributed by atoms with Gasteiger partial charge in [0.15, 0.2) is 11.5 Å². The molecule has 0 spiro atoms. The number of phenols is 1. The molecule has 4 aromatic carbocycles. The highest BCUT2D eigenvalue weighted by atomic mass is 79.9. The SMILES string of the molecule is COc1cc(C=NNC(=O)c2cc3ccccc3cc2O)cc(Br)c1OCc1ccc(Cl)cc1. The van der Waals surface area contributed by atoms with E-state index in [1.165, 1.54) is 6.21 Å². The van der Waals surface area contributed by atoms with Crippen molar-refractivity contribution in [3.05, 3.63) is 99.0 Å². The van der Waals surface area contributed by atoms with Crippen molar-refractivity contribution in [2.75, 3.05) is 7.11 Å². The molecule has 6 nitrogen and oxygen atoms in total. The molecule has 4 rings (SSSR count). The molecule has 0 unspecified atom stereocenters. The third-order valence-corrected chi connectivity index (χ3v) is 5.88. The molecule has 2 N–H and O–H groups in total. The number of carbonyl (C=O) groups is 1. The number of hydrogen-bond donors (Lipinski definition) is 2. The Morgan fingerprint density at radius 1 is 1.09 bits per heavy atom. The fourth-order valence-corrected chi connectivity index (χ4v) is 4.03. The summed E-state index contributed by atoms with van der Waals surface area (Å²) in [5.74, 6) is 0.412. The number of benzene rings is 4. The summed E-state index contributed by atoms with van der Waals surface area (Å²) in [6, 6.07) is 21.6. The summed E-state index contributed by atoms with van der Waals surface area (Å²) in [6.45, 7) is 0.338. The third kappa shape index (κ3) is 5.50. The van der Waals surface area contributed by atoms with E-state index >= 15 is 0 Å². The number of halogens is 2. The highest BCUT2D eigenvalue weighted by Crippen LogP contribution is 2.37. The lowest BCUT2D eigenvalue weighted by molar-refractivity contribution is 0.0952. The molecule has 0 radical (unpaired) electrons. The average molecular weight is 540 g/mol. The third-order valence-electron chi connectivity index (χ3n) is 5.04. The first-order chi connectivity index (χ1) is 16.4. The molecule has 0 atom stereocenters. The Hall–Kier alpha value is -3.55. The lowest BCUT2D eigenvalue weighted by Crippen LogP contribution is -2.17. The van der Waals surface area contributed by atoms with Crippen LogP contribution < -0.4 is 14.9 Å². The zero-order chi connectivity index (χ0) is 24.1. The lowest BCUT2D eigenvalue weighted by atomic mass is 10.1. The van der Waals surface area contributed by atoms with Crippen LogP contribution in [0.4, 0.5) is 0 Å². The van der Waals surface area contributed by atoms with Gasteiger partial charge in [0.2, 0.25) is 0 Å². The molecule has 0 heterocycles. The van der Waals surface area contributed by atoms with Crippen molar-refractivity contribution in [1.29, 1.82) is 0 Å². The zero-order valence-electron chi connectivity index (χ0n) is 18.1. The van der Waals surface area contributed by atoms with Crippen molar-refractivity contribution >= 4 is 50.4 Å². The van der Waals surface area contributed by atoms with Gasteiger partial charge in [-0.15, -0.1) is 0 Å². The molecule has 0 aliphatic heterocycles. The van der Waals surface area contributed by atoms with Crippen LogP contribution in [-0.2, 0) is 6.61 Å². The van der Waals surface area contributed by atoms with Crippen LogP contribution in [0.15, 0.2) is 82.4 Å². The number of rotatable bonds is 7. The zero-order valence-corrected chi connectivity index (χ0v) is 20.4. The van der Waals surface area contributed by atoms with Gasteiger partial charge in [0.25, 0.3) is 5.91 Å². The quantitative estimate of drug-likeness (QED) is 0.213. The molecule has 0 aliphatic rings. The standard InChI is InChI=1S/C26H20BrClN2O4/c1-33-24-11-17(10-22(27)25(24)34-15-16-6-8-20(28)9-7-16)14-29-30-26(32)21-12-18-4-2-3-5-19(18)13-23(21)31/h2-14,31H,15H2,1H3,(H,30,32). The van der Waals surface area contributed by atoms with Gasteiger partial charge >= 0.3 is 0 Å². The van der Waals surface area contributed by atoms with Crippen LogP contribution in [-0.4, -0.2) is 24.3 Å². The Bertz CT molecular complexity index is 1370. The summed E-state index contributed by atoms with van der Waals surface area (Å²) in [4.78, 5) is 12.5. The molecular weight excluding hydrogens is 520 g/mol. The first-order valence-corrected chi connectivity index (χ1v) is 11.4. The lowest BCUT2D eigenvalue weighted by Gasteiger charge is -2.13. The first kappa shape index (κ1) is 23.6. The number of amides is 1. The molecule has 1 amide bonds. The van der Waals surface area contributed by atoms with Crippen molar-refractivity contribution in [2.24, 2.45) is 5.10 Å². The van der Waals surface area contributed by atoms with Crippen molar-refractivity contribution in [1.82, 2.24) is 5.43 Å². The second-order valence-corrected chi connectivity index (χ2v) is 8.66. The fourth-order valence-electron chi connectivity index (χ4n) is 3.33. The summed E-state index contributed by atoms with van der Waals surface area (Å²) in [5, 5.41) is 16.6. The number of fused-ring (bicyclic) bond motifs is 1. The van der Waals surface area contributed by atoms with Crippen molar-refractivity contribution in [3.63, 3.8) is 0 Å². The molecule has 8 heteroatoms. The molecular formula is C26H20BrClN2O4. The van der Waals surface area contributed by atoms with Gasteiger partial charge in [-0.2, -0.15) is 5.10 Å². The molecule has 0 aliphatic carbocycles. The van der Waals surface area contributed by atoms with E-state index in [1.54, 1.807) is 43.5 Å². The van der Waals surface area contributed by atoms with Gasteiger partial charge in [0, 0.05) is 5.02 Å². The molecule has 0 saturated carbocycles. The maximum Gasteiger partial charge on any atom is 0.275 e. The Kier molecular flexibility index (Phi) is 7.35. The Morgan fingerprint density at radius 3 is 2.50 bits per heavy atom. The monoisotopic (exact) mass is 538 g/mol. The number of hydrogen-bond acceptors (Lipinski definition) is 5. The second-order valence-electron chi connectivity index (χ2n) is 7.36. The van der Waals surface area contributed by atoms with Crippen LogP contribution in [0, 0.1) is 0 Å². The second kappa shape index (κ2) is 10.6. The summed E-state index contributed by atoms with van der Waals surface area (Å²) in [7, 11) is 1.54. The highest BCUT2D eigenvalue weighted by molar-refractivity contribution is 9.10. The molecule has 0 bridgehead atoms. The Labute approximate surface area is 209 Å². The van der Waals surface area contributed by atoms with E-state index in [1.807, 2.05) is 36.4 Å². The molecule has 34 heavy (non-hydrogen) atoms. The van der Waals surface area contributed by atoms with E-state index in [4.69, 9.17) is 21.1 Å². The minimum Gasteiger partial charge on any atom is -0.507 e. The summed E-state index contributed by atoms with van der Waals surface area (Å²) >= 11 is 9.43. The topological polar surface area (TPSA) is 80.2 Å². The molecule has 172 valence electrons. The van der Waals surface area contributed by atoms with E-state index in [0.717, 1.165) is 16.3 Å². The summed E-state index contributed by atoms with van der Waals surface area (Å²) in [5.41, 5.74) is 4.22. The number of nitrogens with zero attached hydrogens (tertiary/aromatic N) is 1. The van der Waals surface area contributed by atoms with Crippen LogP contribution in [0.2, 0.25) is 5.02 Å². The average Bonchev–Trinajstić information content (AvgIpc) is 2.83. The van der Waals surface area contributed by atoms with Crippen molar-refractivity contribution in [3.8, 4) is 17.2 Å². The normalized spacial score (nSPS) is 11.0.